The normalized spacial score (nSPS) is 11.3. The van der Waals surface area contributed by atoms with E-state index in [9.17, 15) is 0 Å². The summed E-state index contributed by atoms with van der Waals surface area (Å²) in [5.74, 6) is 0.471. The van der Waals surface area contributed by atoms with Gasteiger partial charge in [-0.3, -0.25) is 9.83 Å². The fraction of sp³-hybridized carbons (Fsp3) is 0.222. The van der Waals surface area contributed by atoms with Crippen molar-refractivity contribution in [2.75, 3.05) is 25.3 Å². The molecule has 2 aromatic carbocycles. The first-order valence-corrected chi connectivity index (χ1v) is 9.85. The highest BCUT2D eigenvalue weighted by molar-refractivity contribution is 6.43. The quantitative estimate of drug-likeness (QED) is 0.196. The predicted octanol–water partition coefficient (Wildman–Crippen LogP) is 4.77. The molecule has 0 saturated carbocycles. The van der Waals surface area contributed by atoms with Gasteiger partial charge in [-0.2, -0.15) is 10.1 Å². The van der Waals surface area contributed by atoms with Gasteiger partial charge in [0.15, 0.2) is 5.96 Å². The van der Waals surface area contributed by atoms with Gasteiger partial charge >= 0.3 is 0 Å². The highest BCUT2D eigenvalue weighted by Gasteiger charge is 2.15. The molecule has 0 aliphatic carbocycles. The lowest BCUT2D eigenvalue weighted by Crippen LogP contribution is -2.34. The molecule has 11 heteroatoms. The molecule has 0 bridgehead atoms. The molecule has 0 aliphatic rings. The molecule has 156 valence electrons. The average molecular weight is 479 g/mol. The maximum atomic E-state index is 6.09. The second-order valence-electron chi connectivity index (χ2n) is 5.56. The minimum atomic E-state index is -0.147. The van der Waals surface area contributed by atoms with Crippen LogP contribution in [-0.2, 0) is 4.84 Å². The number of nitrogens with two attached hydrogens (primary N) is 2. The van der Waals surface area contributed by atoms with Crippen molar-refractivity contribution >= 4 is 64.0 Å². The lowest BCUT2D eigenvalue weighted by molar-refractivity contribution is 0.126. The summed E-state index contributed by atoms with van der Waals surface area (Å²) >= 11 is 23.9. The summed E-state index contributed by atoms with van der Waals surface area (Å²) in [5, 5.41) is 3.07. The molecule has 29 heavy (non-hydrogen) atoms. The zero-order valence-corrected chi connectivity index (χ0v) is 18.4. The van der Waals surface area contributed by atoms with E-state index in [2.05, 4.69) is 9.98 Å². The zero-order valence-electron chi connectivity index (χ0n) is 15.4. The van der Waals surface area contributed by atoms with Gasteiger partial charge in [0.05, 0.1) is 34.0 Å². The number of anilines is 1. The molecule has 0 atom stereocenters. The number of ether oxygens (including phenoxy) is 1. The van der Waals surface area contributed by atoms with E-state index >= 15 is 0 Å². The first kappa shape index (κ1) is 23.4. The number of nitrogens with zero attached hydrogens (tertiary/aromatic N) is 3. The molecule has 0 amide bonds. The number of aliphatic imine (C=N–C) groups is 2. The summed E-state index contributed by atoms with van der Waals surface area (Å²) < 4.78 is 5.64. The average Bonchev–Trinajstić information content (AvgIpc) is 2.67. The summed E-state index contributed by atoms with van der Waals surface area (Å²) in [7, 11) is 1.55. The molecule has 0 saturated heterocycles. The van der Waals surface area contributed by atoms with E-state index < -0.39 is 0 Å². The van der Waals surface area contributed by atoms with E-state index in [4.69, 9.17) is 67.4 Å². The molecule has 7 nitrogen and oxygen atoms in total. The predicted molar refractivity (Wildman–Crippen MR) is 121 cm³/mol. The van der Waals surface area contributed by atoms with E-state index in [0.717, 1.165) is 0 Å². The Hall–Kier alpha value is -1.90. The van der Waals surface area contributed by atoms with Crippen molar-refractivity contribution in [2.24, 2.45) is 21.5 Å². The minimum Gasteiger partial charge on any atom is -0.492 e. The topological polar surface area (TPSA) is 98.5 Å². The Bertz CT molecular complexity index is 887. The second kappa shape index (κ2) is 11.3. The third-order valence-corrected chi connectivity index (χ3v) is 4.68. The summed E-state index contributed by atoms with van der Waals surface area (Å²) in [5.41, 5.74) is 11.6. The fourth-order valence-corrected chi connectivity index (χ4v) is 2.86. The number of guanidine groups is 2. The van der Waals surface area contributed by atoms with Crippen molar-refractivity contribution in [3.63, 3.8) is 0 Å². The highest BCUT2D eigenvalue weighted by atomic mass is 35.5. The van der Waals surface area contributed by atoms with Gasteiger partial charge in [-0.1, -0.05) is 46.4 Å². The Balaban J connectivity index is 2.00. The summed E-state index contributed by atoms with van der Waals surface area (Å²) in [6, 6.07) is 10.0. The van der Waals surface area contributed by atoms with Crippen LogP contribution in [0, 0.1) is 0 Å². The van der Waals surface area contributed by atoms with Crippen molar-refractivity contribution in [3.8, 4) is 5.75 Å². The van der Waals surface area contributed by atoms with Gasteiger partial charge < -0.3 is 16.2 Å². The Morgan fingerprint density at radius 3 is 2.24 bits per heavy atom. The first-order chi connectivity index (χ1) is 13.8. The molecule has 0 radical (unpaired) electrons. The number of benzene rings is 2. The van der Waals surface area contributed by atoms with Crippen LogP contribution in [0.15, 0.2) is 46.4 Å². The molecule has 0 fully saturated rings. The summed E-state index contributed by atoms with van der Waals surface area (Å²) in [6.45, 7) is 0.605. The van der Waals surface area contributed by atoms with Crippen molar-refractivity contribution in [2.45, 2.75) is 6.42 Å². The molecule has 2 aromatic rings. The minimum absolute atomic E-state index is 0.147. The second-order valence-corrected chi connectivity index (χ2v) is 7.22. The molecular formula is C18H19Cl4N5O2. The van der Waals surface area contributed by atoms with Crippen LogP contribution in [0.2, 0.25) is 20.1 Å². The maximum Gasteiger partial charge on any atom is 0.252 e. The zero-order chi connectivity index (χ0) is 21.4. The van der Waals surface area contributed by atoms with E-state index in [-0.39, 0.29) is 18.5 Å². The fourth-order valence-electron chi connectivity index (χ4n) is 2.14. The number of hydrogen-bond acceptors (Lipinski definition) is 3. The maximum absolute atomic E-state index is 6.09. The van der Waals surface area contributed by atoms with Crippen LogP contribution in [-0.4, -0.2) is 32.2 Å². The van der Waals surface area contributed by atoms with Crippen molar-refractivity contribution < 1.29 is 9.57 Å². The van der Waals surface area contributed by atoms with Gasteiger partial charge in [0.25, 0.3) is 5.96 Å². The molecule has 4 N–H and O–H groups in total. The van der Waals surface area contributed by atoms with Gasteiger partial charge in [0, 0.05) is 24.6 Å². The third-order valence-electron chi connectivity index (χ3n) is 3.41. The van der Waals surface area contributed by atoms with Gasteiger partial charge in [0.2, 0.25) is 0 Å². The summed E-state index contributed by atoms with van der Waals surface area (Å²) in [6.07, 6.45) is 0.527. The van der Waals surface area contributed by atoms with E-state index in [1.165, 1.54) is 11.1 Å². The van der Waals surface area contributed by atoms with E-state index in [1.807, 2.05) is 0 Å². The first-order valence-electron chi connectivity index (χ1n) is 8.34. The van der Waals surface area contributed by atoms with Crippen LogP contribution in [0.4, 0.5) is 5.69 Å². The molecule has 0 spiro atoms. The molecule has 0 unspecified atom stereocenters. The largest absolute Gasteiger partial charge is 0.492 e. The van der Waals surface area contributed by atoms with E-state index in [1.54, 1.807) is 37.4 Å². The van der Waals surface area contributed by atoms with Gasteiger partial charge in [-0.15, -0.1) is 0 Å². The number of halogens is 4. The van der Waals surface area contributed by atoms with Crippen LogP contribution in [0.5, 0.6) is 5.75 Å². The Morgan fingerprint density at radius 2 is 1.62 bits per heavy atom. The van der Waals surface area contributed by atoms with Crippen LogP contribution in [0.3, 0.4) is 0 Å². The third kappa shape index (κ3) is 7.13. The molecule has 0 aromatic heterocycles. The van der Waals surface area contributed by atoms with E-state index in [0.29, 0.717) is 44.6 Å². The number of hydroxylamine groups is 1. The van der Waals surface area contributed by atoms with Crippen molar-refractivity contribution in [1.82, 2.24) is 0 Å². The smallest absolute Gasteiger partial charge is 0.252 e. The molecule has 0 heterocycles. The SMILES string of the molecule is CN=C(N=C(N)N)N(OCCCOc1cc(Cl)c(Cl)cc1Cl)c1ccc(Cl)cc1. The van der Waals surface area contributed by atoms with Gasteiger partial charge in [-0.25, -0.2) is 0 Å². The Morgan fingerprint density at radius 1 is 0.966 bits per heavy atom. The van der Waals surface area contributed by atoms with Gasteiger partial charge in [0.1, 0.15) is 5.75 Å². The monoisotopic (exact) mass is 477 g/mol. The number of rotatable bonds is 7. The molecule has 2 rings (SSSR count). The highest BCUT2D eigenvalue weighted by Crippen LogP contribution is 2.33. The lowest BCUT2D eigenvalue weighted by atomic mass is 10.3. The summed E-state index contributed by atoms with van der Waals surface area (Å²) in [4.78, 5) is 13.9. The lowest BCUT2D eigenvalue weighted by Gasteiger charge is -2.22. The van der Waals surface area contributed by atoms with Crippen LogP contribution in [0.25, 0.3) is 0 Å². The number of hydrogen-bond donors (Lipinski definition) is 2. The standard InChI is InChI=1S/C18H19Cl4N5O2/c1-25-18(26-17(23)24)27(12-5-3-11(19)4-6-12)29-8-2-7-28-16-10-14(21)13(20)9-15(16)22/h3-6,9-10H,2,7-8H2,1H3,(H4,23,24,25,26). The van der Waals surface area contributed by atoms with Gasteiger partial charge in [-0.05, 0) is 30.3 Å². The molecular weight excluding hydrogens is 460 g/mol. The Kier molecular flexibility index (Phi) is 9.13. The van der Waals surface area contributed by atoms with Crippen LogP contribution < -0.4 is 21.3 Å². The van der Waals surface area contributed by atoms with Crippen molar-refractivity contribution in [3.05, 3.63) is 56.5 Å². The molecule has 0 aliphatic heterocycles. The van der Waals surface area contributed by atoms with Crippen molar-refractivity contribution in [1.29, 1.82) is 0 Å². The van der Waals surface area contributed by atoms with Crippen LogP contribution in [0.1, 0.15) is 6.42 Å². The Labute approximate surface area is 188 Å². The van der Waals surface area contributed by atoms with Crippen LogP contribution >= 0.6 is 46.4 Å².